The van der Waals surface area contributed by atoms with Crippen LogP contribution in [0.25, 0.3) is 0 Å². The van der Waals surface area contributed by atoms with Crippen molar-refractivity contribution in [2.75, 3.05) is 17.3 Å². The first-order valence-electron chi connectivity index (χ1n) is 5.68. The third kappa shape index (κ3) is 5.34. The van der Waals surface area contributed by atoms with Gasteiger partial charge in [-0.05, 0) is 12.3 Å². The van der Waals surface area contributed by atoms with Crippen molar-refractivity contribution >= 4 is 25.6 Å². The Morgan fingerprint density at radius 2 is 1.61 bits per heavy atom. The predicted molar refractivity (Wildman–Crippen MR) is 69.0 cm³/mol. The van der Waals surface area contributed by atoms with Gasteiger partial charge in [0.25, 0.3) is 0 Å². The van der Waals surface area contributed by atoms with Crippen LogP contribution in [0.1, 0.15) is 27.2 Å². The molecule has 0 saturated carbocycles. The molecule has 0 aromatic rings. The lowest BCUT2D eigenvalue weighted by atomic mass is 10.1. The van der Waals surface area contributed by atoms with Crippen LogP contribution in [0.4, 0.5) is 0 Å². The Morgan fingerprint density at radius 1 is 1.11 bits per heavy atom. The van der Waals surface area contributed by atoms with Crippen molar-refractivity contribution < 1.29 is 26.7 Å². The number of aliphatic carboxylic acids is 1. The molecule has 0 fully saturated rings. The summed E-state index contributed by atoms with van der Waals surface area (Å²) >= 11 is 0. The molecule has 0 saturated heterocycles. The smallest absolute Gasteiger partial charge is 0.322 e. The largest absolute Gasteiger partial charge is 0.480 e. The van der Waals surface area contributed by atoms with Gasteiger partial charge < -0.3 is 5.11 Å². The average molecular weight is 300 g/mol. The van der Waals surface area contributed by atoms with Crippen molar-refractivity contribution in [3.8, 4) is 0 Å². The molecule has 0 aliphatic rings. The summed E-state index contributed by atoms with van der Waals surface area (Å²) in [6.45, 7) is 4.51. The molecule has 1 unspecified atom stereocenters. The van der Waals surface area contributed by atoms with E-state index in [9.17, 15) is 21.6 Å². The molecule has 1 atom stereocenters. The van der Waals surface area contributed by atoms with E-state index >= 15 is 0 Å². The van der Waals surface area contributed by atoms with E-state index in [4.69, 9.17) is 5.11 Å². The molecule has 0 amide bonds. The first-order valence-corrected chi connectivity index (χ1v) is 9.22. The van der Waals surface area contributed by atoms with Gasteiger partial charge in [0, 0.05) is 5.75 Å². The van der Waals surface area contributed by atoms with E-state index in [1.54, 1.807) is 0 Å². The Labute approximate surface area is 108 Å². The van der Waals surface area contributed by atoms with Crippen molar-refractivity contribution in [1.82, 2.24) is 0 Å². The molecule has 0 heterocycles. The van der Waals surface area contributed by atoms with Gasteiger partial charge >= 0.3 is 5.97 Å². The maximum Gasteiger partial charge on any atom is 0.322 e. The molecule has 0 bridgehead atoms. The lowest BCUT2D eigenvalue weighted by Crippen LogP contribution is -2.36. The summed E-state index contributed by atoms with van der Waals surface area (Å²) < 4.78 is 46.0. The number of hydrogen-bond acceptors (Lipinski definition) is 5. The Kier molecular flexibility index (Phi) is 6.28. The molecule has 0 rings (SSSR count). The predicted octanol–water partition coefficient (Wildman–Crippen LogP) is 0.335. The van der Waals surface area contributed by atoms with Crippen LogP contribution in [0.15, 0.2) is 0 Å². The van der Waals surface area contributed by atoms with Crippen LogP contribution in [0, 0.1) is 5.92 Å². The Hall–Kier alpha value is -0.630. The van der Waals surface area contributed by atoms with Crippen molar-refractivity contribution in [1.29, 1.82) is 0 Å². The van der Waals surface area contributed by atoms with Gasteiger partial charge in [-0.25, -0.2) is 16.8 Å². The van der Waals surface area contributed by atoms with E-state index in [0.717, 1.165) is 0 Å². The van der Waals surface area contributed by atoms with E-state index in [1.165, 1.54) is 20.8 Å². The minimum absolute atomic E-state index is 0.0421. The molecule has 108 valence electrons. The van der Waals surface area contributed by atoms with Gasteiger partial charge in [0.15, 0.2) is 15.1 Å². The third-order valence-electron chi connectivity index (χ3n) is 2.56. The molecule has 0 radical (unpaired) electrons. The Morgan fingerprint density at radius 3 is 1.94 bits per heavy atom. The normalized spacial score (nSPS) is 14.7. The third-order valence-corrected chi connectivity index (χ3v) is 6.73. The number of carboxylic acid groups (broad SMARTS) is 1. The van der Waals surface area contributed by atoms with Crippen LogP contribution in [0.3, 0.4) is 0 Å². The lowest BCUT2D eigenvalue weighted by Gasteiger charge is -2.16. The molecule has 0 spiro atoms. The molecule has 0 aromatic heterocycles. The second kappa shape index (κ2) is 6.51. The quantitative estimate of drug-likeness (QED) is 0.692. The highest BCUT2D eigenvalue weighted by atomic mass is 32.2. The second-order valence-electron chi connectivity index (χ2n) is 4.46. The van der Waals surface area contributed by atoms with Crippen LogP contribution < -0.4 is 0 Å². The summed E-state index contributed by atoms with van der Waals surface area (Å²) in [5.41, 5.74) is 0. The zero-order valence-electron chi connectivity index (χ0n) is 10.8. The molecule has 0 aliphatic heterocycles. The van der Waals surface area contributed by atoms with Gasteiger partial charge in [-0.3, -0.25) is 4.79 Å². The number of sulfone groups is 2. The van der Waals surface area contributed by atoms with Gasteiger partial charge in [0.1, 0.15) is 9.84 Å². The first kappa shape index (κ1) is 17.4. The van der Waals surface area contributed by atoms with Gasteiger partial charge in [0.05, 0.1) is 11.5 Å². The fourth-order valence-corrected chi connectivity index (χ4v) is 4.60. The average Bonchev–Trinajstić information content (AvgIpc) is 2.14. The molecular formula is C10H20O6S2. The van der Waals surface area contributed by atoms with Gasteiger partial charge in [-0.2, -0.15) is 0 Å². The van der Waals surface area contributed by atoms with Crippen molar-refractivity contribution in [3.05, 3.63) is 0 Å². The molecular weight excluding hydrogens is 280 g/mol. The summed E-state index contributed by atoms with van der Waals surface area (Å²) in [5, 5.41) is 7.42. The Balaban J connectivity index is 4.72. The monoisotopic (exact) mass is 300 g/mol. The molecule has 18 heavy (non-hydrogen) atoms. The van der Waals surface area contributed by atoms with E-state index < -0.39 is 42.6 Å². The van der Waals surface area contributed by atoms with E-state index in [2.05, 4.69) is 0 Å². The number of hydrogen-bond donors (Lipinski definition) is 1. The zero-order valence-corrected chi connectivity index (χ0v) is 12.4. The summed E-state index contributed by atoms with van der Waals surface area (Å²) in [6.07, 6.45) is -0.0605. The SMILES string of the molecule is CCS(=O)(=O)CCCS(=O)(=O)C(C(=O)O)C(C)C. The molecule has 8 heteroatoms. The molecule has 0 aliphatic carbocycles. The van der Waals surface area contributed by atoms with Crippen molar-refractivity contribution in [2.24, 2.45) is 5.92 Å². The summed E-state index contributed by atoms with van der Waals surface area (Å²) in [4.78, 5) is 10.9. The minimum Gasteiger partial charge on any atom is -0.480 e. The topological polar surface area (TPSA) is 106 Å². The van der Waals surface area contributed by atoms with Crippen LogP contribution in [0.2, 0.25) is 0 Å². The fourth-order valence-electron chi connectivity index (χ4n) is 1.60. The van der Waals surface area contributed by atoms with Crippen LogP contribution in [0.5, 0.6) is 0 Å². The highest BCUT2D eigenvalue weighted by Gasteiger charge is 2.34. The molecule has 6 nitrogen and oxygen atoms in total. The number of carbonyl (C=O) groups is 1. The van der Waals surface area contributed by atoms with Gasteiger partial charge in [-0.1, -0.05) is 20.8 Å². The lowest BCUT2D eigenvalue weighted by molar-refractivity contribution is -0.137. The van der Waals surface area contributed by atoms with Crippen LogP contribution >= 0.6 is 0 Å². The van der Waals surface area contributed by atoms with Crippen LogP contribution in [-0.2, 0) is 24.5 Å². The highest BCUT2D eigenvalue weighted by Crippen LogP contribution is 2.15. The Bertz CT molecular complexity index is 474. The number of carboxylic acids is 1. The van der Waals surface area contributed by atoms with Gasteiger partial charge in [-0.15, -0.1) is 0 Å². The maximum absolute atomic E-state index is 11.8. The zero-order chi connectivity index (χ0) is 14.6. The van der Waals surface area contributed by atoms with E-state index in [-0.39, 0.29) is 17.9 Å². The summed E-state index contributed by atoms with van der Waals surface area (Å²) in [7, 11) is -7.04. The second-order valence-corrected chi connectivity index (χ2v) is 9.17. The van der Waals surface area contributed by atoms with E-state index in [1.807, 2.05) is 0 Å². The first-order chi connectivity index (χ1) is 8.03. The minimum atomic E-state index is -3.82. The van der Waals surface area contributed by atoms with Crippen LogP contribution in [-0.4, -0.2) is 50.4 Å². The van der Waals surface area contributed by atoms with Crippen molar-refractivity contribution in [2.45, 2.75) is 32.4 Å². The fraction of sp³-hybridized carbons (Fsp3) is 0.900. The van der Waals surface area contributed by atoms with Gasteiger partial charge in [0.2, 0.25) is 0 Å². The summed E-state index contributed by atoms with van der Waals surface area (Å²) in [6, 6.07) is 0. The van der Waals surface area contributed by atoms with Crippen molar-refractivity contribution in [3.63, 3.8) is 0 Å². The molecule has 0 aromatic carbocycles. The highest BCUT2D eigenvalue weighted by molar-refractivity contribution is 7.93. The molecule has 1 N–H and O–H groups in total. The van der Waals surface area contributed by atoms with E-state index in [0.29, 0.717) is 0 Å². The summed E-state index contributed by atoms with van der Waals surface area (Å²) in [5.74, 6) is -2.62. The standard InChI is InChI=1S/C10H20O6S2/c1-4-17(13,14)6-5-7-18(15,16)9(8(2)3)10(11)12/h8-9H,4-7H2,1-3H3,(H,11,12). The number of rotatable bonds is 8. The maximum atomic E-state index is 11.8.